The number of likely N-dealkylation sites (N-methyl/N-ethyl adjacent to an activating group) is 1. The molecule has 5 heteroatoms. The minimum absolute atomic E-state index is 0.0907. The van der Waals surface area contributed by atoms with Gasteiger partial charge in [0, 0.05) is 23.0 Å². The van der Waals surface area contributed by atoms with Crippen LogP contribution in [0.1, 0.15) is 24.3 Å². The third-order valence-corrected chi connectivity index (χ3v) is 4.57. The van der Waals surface area contributed by atoms with Crippen LogP contribution in [0, 0.1) is 5.82 Å². The number of nitrogens with zero attached hydrogens (tertiary/aromatic N) is 1. The maximum Gasteiger partial charge on any atom is 0.227 e. The van der Waals surface area contributed by atoms with Crippen LogP contribution in [0.4, 0.5) is 4.39 Å². The third kappa shape index (κ3) is 3.15. The minimum atomic E-state index is -0.472. The first-order valence-corrected chi connectivity index (χ1v) is 8.02. The van der Waals surface area contributed by atoms with Crippen molar-refractivity contribution in [3.05, 3.63) is 70.7 Å². The first-order chi connectivity index (χ1) is 11.5. The summed E-state index contributed by atoms with van der Waals surface area (Å²) in [7, 11) is 1.68. The van der Waals surface area contributed by atoms with E-state index in [0.717, 1.165) is 11.0 Å². The number of para-hydroxylation sites is 1. The molecule has 24 heavy (non-hydrogen) atoms. The maximum absolute atomic E-state index is 13.9. The highest BCUT2D eigenvalue weighted by Crippen LogP contribution is 2.28. The molecule has 124 valence electrons. The van der Waals surface area contributed by atoms with Gasteiger partial charge in [0.25, 0.3) is 0 Å². The van der Waals surface area contributed by atoms with Crippen LogP contribution in [0.25, 0.3) is 11.0 Å². The first kappa shape index (κ1) is 16.5. The molecule has 0 aliphatic carbocycles. The van der Waals surface area contributed by atoms with E-state index in [1.807, 2.05) is 37.3 Å². The predicted molar refractivity (Wildman–Crippen MR) is 92.5 cm³/mol. The second-order valence-corrected chi connectivity index (χ2v) is 6.15. The molecule has 0 spiro atoms. The summed E-state index contributed by atoms with van der Waals surface area (Å²) in [4.78, 5) is 14.0. The summed E-state index contributed by atoms with van der Waals surface area (Å²) < 4.78 is 19.7. The van der Waals surface area contributed by atoms with Crippen LogP contribution in [0.5, 0.6) is 0 Å². The molecule has 1 amide bonds. The number of rotatable bonds is 4. The van der Waals surface area contributed by atoms with Crippen molar-refractivity contribution in [3.8, 4) is 0 Å². The Balaban J connectivity index is 1.79. The molecule has 0 saturated carbocycles. The number of hydrogen-bond donors (Lipinski definition) is 0. The van der Waals surface area contributed by atoms with Crippen molar-refractivity contribution in [1.29, 1.82) is 0 Å². The Morgan fingerprint density at radius 3 is 2.71 bits per heavy atom. The molecule has 1 heterocycles. The Labute approximate surface area is 144 Å². The van der Waals surface area contributed by atoms with Crippen molar-refractivity contribution in [1.82, 2.24) is 4.90 Å². The highest BCUT2D eigenvalue weighted by Gasteiger charge is 2.22. The fourth-order valence-corrected chi connectivity index (χ4v) is 2.82. The Kier molecular flexibility index (Phi) is 4.58. The van der Waals surface area contributed by atoms with Gasteiger partial charge in [0.05, 0.1) is 12.5 Å². The van der Waals surface area contributed by atoms with Crippen molar-refractivity contribution in [2.45, 2.75) is 19.4 Å². The molecule has 0 fully saturated rings. The number of amides is 1. The monoisotopic (exact) mass is 345 g/mol. The lowest BCUT2D eigenvalue weighted by Gasteiger charge is -2.23. The lowest BCUT2D eigenvalue weighted by atomic mass is 10.1. The van der Waals surface area contributed by atoms with E-state index in [1.165, 1.54) is 12.1 Å². The number of furan rings is 1. The van der Waals surface area contributed by atoms with Gasteiger partial charge in [-0.05, 0) is 31.2 Å². The smallest absolute Gasteiger partial charge is 0.227 e. The lowest BCUT2D eigenvalue weighted by Crippen LogP contribution is -2.31. The first-order valence-electron chi connectivity index (χ1n) is 7.64. The van der Waals surface area contributed by atoms with E-state index >= 15 is 0 Å². The SMILES string of the molecule is C[C@@H](c1cc2ccccc2o1)N(C)C(=O)Cc1c(F)cccc1Cl. The van der Waals surface area contributed by atoms with Crippen LogP contribution in [0.3, 0.4) is 0 Å². The zero-order valence-electron chi connectivity index (χ0n) is 13.4. The van der Waals surface area contributed by atoms with Gasteiger partial charge in [-0.15, -0.1) is 0 Å². The summed E-state index contributed by atoms with van der Waals surface area (Å²) in [5.74, 6) is -0.0118. The molecule has 2 aromatic carbocycles. The van der Waals surface area contributed by atoms with E-state index < -0.39 is 5.82 Å². The van der Waals surface area contributed by atoms with Crippen LogP contribution in [0.15, 0.2) is 52.9 Å². The molecule has 0 N–H and O–H groups in total. The molecular formula is C19H17ClFNO2. The summed E-state index contributed by atoms with van der Waals surface area (Å²) in [5.41, 5.74) is 0.991. The number of carbonyl (C=O) groups is 1. The van der Waals surface area contributed by atoms with Crippen molar-refractivity contribution >= 4 is 28.5 Å². The molecule has 0 radical (unpaired) electrons. The van der Waals surface area contributed by atoms with Crippen molar-refractivity contribution in [2.24, 2.45) is 0 Å². The second-order valence-electron chi connectivity index (χ2n) is 5.74. The summed E-state index contributed by atoms with van der Waals surface area (Å²) in [5, 5.41) is 1.24. The quantitative estimate of drug-likeness (QED) is 0.667. The Morgan fingerprint density at radius 2 is 2.00 bits per heavy atom. The van der Waals surface area contributed by atoms with Crippen molar-refractivity contribution < 1.29 is 13.6 Å². The molecule has 3 rings (SSSR count). The topological polar surface area (TPSA) is 33.5 Å². The number of hydrogen-bond acceptors (Lipinski definition) is 2. The fraction of sp³-hybridized carbons (Fsp3) is 0.211. The molecule has 0 unspecified atom stereocenters. The van der Waals surface area contributed by atoms with Gasteiger partial charge >= 0.3 is 0 Å². The molecule has 0 saturated heterocycles. The Hall–Kier alpha value is -2.33. The standard InChI is InChI=1S/C19H17ClFNO2/c1-12(18-10-13-6-3-4-9-17(13)24-18)22(2)19(23)11-14-15(20)7-5-8-16(14)21/h3-10,12H,11H2,1-2H3/t12-/m0/s1. The van der Waals surface area contributed by atoms with Crippen LogP contribution in [0.2, 0.25) is 5.02 Å². The average molecular weight is 346 g/mol. The molecule has 0 aliphatic heterocycles. The van der Waals surface area contributed by atoms with Gasteiger partial charge in [-0.25, -0.2) is 4.39 Å². The zero-order chi connectivity index (χ0) is 17.3. The van der Waals surface area contributed by atoms with Gasteiger partial charge in [0.15, 0.2) is 0 Å². The highest BCUT2D eigenvalue weighted by molar-refractivity contribution is 6.31. The molecule has 3 nitrogen and oxygen atoms in total. The van der Waals surface area contributed by atoms with E-state index in [2.05, 4.69) is 0 Å². The van der Waals surface area contributed by atoms with E-state index in [-0.39, 0.29) is 29.0 Å². The van der Waals surface area contributed by atoms with Crippen molar-refractivity contribution in [3.63, 3.8) is 0 Å². The van der Waals surface area contributed by atoms with Crippen molar-refractivity contribution in [2.75, 3.05) is 7.05 Å². The van der Waals surface area contributed by atoms with Gasteiger partial charge in [-0.1, -0.05) is 35.9 Å². The maximum atomic E-state index is 13.9. The fourth-order valence-electron chi connectivity index (χ4n) is 2.59. The lowest BCUT2D eigenvalue weighted by molar-refractivity contribution is -0.131. The summed E-state index contributed by atoms with van der Waals surface area (Å²) in [6, 6.07) is 13.7. The Morgan fingerprint density at radius 1 is 1.25 bits per heavy atom. The van der Waals surface area contributed by atoms with E-state index in [4.69, 9.17) is 16.0 Å². The van der Waals surface area contributed by atoms with Gasteiger partial charge < -0.3 is 9.32 Å². The summed E-state index contributed by atoms with van der Waals surface area (Å²) in [6.45, 7) is 1.87. The predicted octanol–water partition coefficient (Wildman–Crippen LogP) is 4.99. The molecule has 1 atom stereocenters. The number of halogens is 2. The minimum Gasteiger partial charge on any atom is -0.459 e. The second kappa shape index (κ2) is 6.65. The van der Waals surface area contributed by atoms with Crippen LogP contribution >= 0.6 is 11.6 Å². The molecule has 0 bridgehead atoms. The number of benzene rings is 2. The van der Waals surface area contributed by atoms with Gasteiger partial charge in [0.1, 0.15) is 17.2 Å². The molecule has 0 aliphatic rings. The van der Waals surface area contributed by atoms with Gasteiger partial charge in [0.2, 0.25) is 5.91 Å². The van der Waals surface area contributed by atoms with E-state index in [9.17, 15) is 9.18 Å². The van der Waals surface area contributed by atoms with E-state index in [0.29, 0.717) is 5.76 Å². The van der Waals surface area contributed by atoms with Crippen LogP contribution < -0.4 is 0 Å². The van der Waals surface area contributed by atoms with Gasteiger partial charge in [-0.3, -0.25) is 4.79 Å². The highest BCUT2D eigenvalue weighted by atomic mass is 35.5. The third-order valence-electron chi connectivity index (χ3n) is 4.22. The molecule has 3 aromatic rings. The van der Waals surface area contributed by atoms with Crippen LogP contribution in [-0.2, 0) is 11.2 Å². The van der Waals surface area contributed by atoms with Gasteiger partial charge in [-0.2, -0.15) is 0 Å². The summed E-state index contributed by atoms with van der Waals surface area (Å²) in [6.07, 6.45) is -0.0907. The Bertz CT molecular complexity index is 837. The molecular weight excluding hydrogens is 329 g/mol. The largest absolute Gasteiger partial charge is 0.459 e. The van der Waals surface area contributed by atoms with E-state index in [1.54, 1.807) is 18.0 Å². The zero-order valence-corrected chi connectivity index (χ0v) is 14.2. The summed E-state index contributed by atoms with van der Waals surface area (Å²) >= 11 is 6.00. The number of carbonyl (C=O) groups excluding carboxylic acids is 1. The number of fused-ring (bicyclic) bond motifs is 1. The van der Waals surface area contributed by atoms with Crippen LogP contribution in [-0.4, -0.2) is 17.9 Å². The normalized spacial score (nSPS) is 12.3. The molecule has 1 aromatic heterocycles. The average Bonchev–Trinajstić information content (AvgIpc) is 3.00.